The Morgan fingerprint density at radius 2 is 1.92 bits per heavy atom. The van der Waals surface area contributed by atoms with Crippen LogP contribution in [0.1, 0.15) is 5.56 Å². The Hall–Kier alpha value is -2.80. The van der Waals surface area contributed by atoms with Crippen LogP contribution in [0.25, 0.3) is 10.6 Å². The maximum atomic E-state index is 13.4. The van der Waals surface area contributed by atoms with Gasteiger partial charge in [-0.2, -0.15) is 0 Å². The first-order chi connectivity index (χ1) is 11.6. The molecule has 2 aromatic carbocycles. The van der Waals surface area contributed by atoms with Crippen molar-refractivity contribution in [1.29, 1.82) is 0 Å². The van der Waals surface area contributed by atoms with Crippen LogP contribution >= 0.6 is 11.3 Å². The first kappa shape index (κ1) is 16.1. The lowest BCUT2D eigenvalue weighted by Gasteiger charge is -2.06. The standard InChI is InChI=1S/C17H14FN3O2S/c1-11-6-2-3-7-12(11)16-20-21-17(24-16)19-15(22)10-23-14-9-5-4-8-13(14)18/h2-9H,10H2,1H3,(H,19,21,22). The van der Waals surface area contributed by atoms with E-state index in [1.807, 2.05) is 31.2 Å². The van der Waals surface area contributed by atoms with Gasteiger partial charge in [-0.1, -0.05) is 47.7 Å². The number of anilines is 1. The van der Waals surface area contributed by atoms with Crippen molar-refractivity contribution in [2.45, 2.75) is 6.92 Å². The number of aryl methyl sites for hydroxylation is 1. The number of aromatic nitrogens is 2. The SMILES string of the molecule is Cc1ccccc1-c1nnc(NC(=O)COc2ccccc2F)s1. The molecule has 5 nitrogen and oxygen atoms in total. The van der Waals surface area contributed by atoms with Gasteiger partial charge in [-0.15, -0.1) is 10.2 Å². The van der Waals surface area contributed by atoms with E-state index in [0.717, 1.165) is 16.1 Å². The molecule has 24 heavy (non-hydrogen) atoms. The molecule has 7 heteroatoms. The van der Waals surface area contributed by atoms with Gasteiger partial charge in [0.15, 0.2) is 18.2 Å². The van der Waals surface area contributed by atoms with Crippen molar-refractivity contribution in [2.24, 2.45) is 0 Å². The number of hydrogen-bond donors (Lipinski definition) is 1. The van der Waals surface area contributed by atoms with Gasteiger partial charge in [-0.05, 0) is 24.6 Å². The Labute approximate surface area is 142 Å². The Balaban J connectivity index is 1.62. The molecule has 0 saturated carbocycles. The number of hydrogen-bond acceptors (Lipinski definition) is 5. The van der Waals surface area contributed by atoms with Crippen LogP contribution in [0.4, 0.5) is 9.52 Å². The second-order valence-electron chi connectivity index (χ2n) is 4.99. The number of ether oxygens (including phenoxy) is 1. The first-order valence-electron chi connectivity index (χ1n) is 7.20. The molecule has 122 valence electrons. The molecular weight excluding hydrogens is 329 g/mol. The number of para-hydroxylation sites is 1. The number of amides is 1. The quantitative estimate of drug-likeness (QED) is 0.768. The average Bonchev–Trinajstić information content (AvgIpc) is 3.03. The molecule has 3 rings (SSSR count). The Kier molecular flexibility index (Phi) is 4.81. The van der Waals surface area contributed by atoms with Crippen LogP contribution in [0, 0.1) is 12.7 Å². The fourth-order valence-corrected chi connectivity index (χ4v) is 2.91. The van der Waals surface area contributed by atoms with Gasteiger partial charge in [0.25, 0.3) is 5.91 Å². The van der Waals surface area contributed by atoms with Crippen molar-refractivity contribution in [3.8, 4) is 16.3 Å². The molecule has 1 N–H and O–H groups in total. The highest BCUT2D eigenvalue weighted by atomic mass is 32.1. The van der Waals surface area contributed by atoms with E-state index in [0.29, 0.717) is 5.13 Å². The summed E-state index contributed by atoms with van der Waals surface area (Å²) < 4.78 is 18.6. The largest absolute Gasteiger partial charge is 0.481 e. The molecule has 0 fully saturated rings. The predicted octanol–water partition coefficient (Wildman–Crippen LogP) is 3.67. The fraction of sp³-hybridized carbons (Fsp3) is 0.118. The lowest BCUT2D eigenvalue weighted by Crippen LogP contribution is -2.20. The number of nitrogens with zero attached hydrogens (tertiary/aromatic N) is 2. The third-order valence-corrected chi connectivity index (χ3v) is 4.11. The van der Waals surface area contributed by atoms with Crippen molar-refractivity contribution in [2.75, 3.05) is 11.9 Å². The van der Waals surface area contributed by atoms with Gasteiger partial charge in [0.2, 0.25) is 5.13 Å². The number of benzene rings is 2. The van der Waals surface area contributed by atoms with Crippen LogP contribution in [0.5, 0.6) is 5.75 Å². The Bertz CT molecular complexity index is 866. The normalized spacial score (nSPS) is 10.4. The summed E-state index contributed by atoms with van der Waals surface area (Å²) in [5.74, 6) is -0.903. The van der Waals surface area contributed by atoms with Crippen molar-refractivity contribution in [1.82, 2.24) is 10.2 Å². The lowest BCUT2D eigenvalue weighted by atomic mass is 10.1. The molecule has 0 unspecified atom stereocenters. The summed E-state index contributed by atoms with van der Waals surface area (Å²) in [7, 11) is 0. The predicted molar refractivity (Wildman–Crippen MR) is 90.6 cm³/mol. The van der Waals surface area contributed by atoms with Gasteiger partial charge in [0, 0.05) is 5.56 Å². The molecule has 0 aliphatic rings. The van der Waals surface area contributed by atoms with Crippen LogP contribution in [-0.2, 0) is 4.79 Å². The van der Waals surface area contributed by atoms with Crippen LogP contribution in [0.2, 0.25) is 0 Å². The number of rotatable bonds is 5. The molecule has 3 aromatic rings. The summed E-state index contributed by atoms with van der Waals surface area (Å²) in [6, 6.07) is 13.7. The summed E-state index contributed by atoms with van der Waals surface area (Å²) in [4.78, 5) is 11.9. The van der Waals surface area contributed by atoms with E-state index in [2.05, 4.69) is 15.5 Å². The van der Waals surface area contributed by atoms with Crippen LogP contribution in [-0.4, -0.2) is 22.7 Å². The van der Waals surface area contributed by atoms with Crippen molar-refractivity contribution in [3.63, 3.8) is 0 Å². The zero-order valence-electron chi connectivity index (χ0n) is 12.8. The highest BCUT2D eigenvalue weighted by Crippen LogP contribution is 2.28. The Morgan fingerprint density at radius 3 is 2.71 bits per heavy atom. The molecule has 1 aromatic heterocycles. The topological polar surface area (TPSA) is 64.1 Å². The summed E-state index contributed by atoms with van der Waals surface area (Å²) >= 11 is 1.27. The van der Waals surface area contributed by atoms with E-state index in [4.69, 9.17) is 4.74 Å². The molecule has 0 spiro atoms. The summed E-state index contributed by atoms with van der Waals surface area (Å²) in [6.45, 7) is 1.68. The van der Waals surface area contributed by atoms with Gasteiger partial charge >= 0.3 is 0 Å². The lowest BCUT2D eigenvalue weighted by molar-refractivity contribution is -0.118. The minimum absolute atomic E-state index is 0.0329. The van der Waals surface area contributed by atoms with E-state index < -0.39 is 11.7 Å². The zero-order valence-corrected chi connectivity index (χ0v) is 13.6. The van der Waals surface area contributed by atoms with Crippen molar-refractivity contribution >= 4 is 22.4 Å². The molecule has 0 aliphatic carbocycles. The number of nitrogens with one attached hydrogen (secondary N) is 1. The van der Waals surface area contributed by atoms with Crippen molar-refractivity contribution < 1.29 is 13.9 Å². The van der Waals surface area contributed by atoms with Gasteiger partial charge in [-0.25, -0.2) is 4.39 Å². The third-order valence-electron chi connectivity index (χ3n) is 3.24. The van der Waals surface area contributed by atoms with Crippen molar-refractivity contribution in [3.05, 3.63) is 59.9 Å². The number of carbonyl (C=O) groups is 1. The minimum Gasteiger partial charge on any atom is -0.481 e. The van der Waals surface area contributed by atoms with Gasteiger partial charge < -0.3 is 4.74 Å². The minimum atomic E-state index is -0.511. The van der Waals surface area contributed by atoms with E-state index in [9.17, 15) is 9.18 Å². The smallest absolute Gasteiger partial charge is 0.264 e. The Morgan fingerprint density at radius 1 is 1.17 bits per heavy atom. The number of halogens is 1. The van der Waals surface area contributed by atoms with E-state index in [-0.39, 0.29) is 12.4 Å². The average molecular weight is 343 g/mol. The maximum Gasteiger partial charge on any atom is 0.264 e. The van der Waals surface area contributed by atoms with E-state index in [1.165, 1.54) is 23.5 Å². The third kappa shape index (κ3) is 3.75. The van der Waals surface area contributed by atoms with Gasteiger partial charge in [-0.3, -0.25) is 10.1 Å². The maximum absolute atomic E-state index is 13.4. The summed E-state index contributed by atoms with van der Waals surface area (Å²) in [5, 5.41) is 11.7. The summed E-state index contributed by atoms with van der Waals surface area (Å²) in [5.41, 5.74) is 2.05. The molecular formula is C17H14FN3O2S. The van der Waals surface area contributed by atoms with Crippen LogP contribution < -0.4 is 10.1 Å². The molecule has 1 heterocycles. The molecule has 0 bridgehead atoms. The van der Waals surface area contributed by atoms with Crippen LogP contribution in [0.15, 0.2) is 48.5 Å². The highest BCUT2D eigenvalue weighted by Gasteiger charge is 2.12. The summed E-state index contributed by atoms with van der Waals surface area (Å²) in [6.07, 6.45) is 0. The molecule has 1 amide bonds. The highest BCUT2D eigenvalue weighted by molar-refractivity contribution is 7.18. The molecule has 0 saturated heterocycles. The molecule has 0 radical (unpaired) electrons. The first-order valence-corrected chi connectivity index (χ1v) is 8.02. The second kappa shape index (κ2) is 7.18. The van der Waals surface area contributed by atoms with E-state index in [1.54, 1.807) is 12.1 Å². The molecule has 0 aliphatic heterocycles. The number of carbonyl (C=O) groups excluding carboxylic acids is 1. The second-order valence-corrected chi connectivity index (χ2v) is 5.97. The fourth-order valence-electron chi connectivity index (χ4n) is 2.06. The molecule has 0 atom stereocenters. The van der Waals surface area contributed by atoms with Gasteiger partial charge in [0.1, 0.15) is 5.01 Å². The monoisotopic (exact) mass is 343 g/mol. The van der Waals surface area contributed by atoms with Gasteiger partial charge in [0.05, 0.1) is 0 Å². The van der Waals surface area contributed by atoms with Crippen LogP contribution in [0.3, 0.4) is 0 Å². The van der Waals surface area contributed by atoms with E-state index >= 15 is 0 Å². The zero-order chi connectivity index (χ0) is 16.9.